The summed E-state index contributed by atoms with van der Waals surface area (Å²) in [5, 5.41) is 2.15. The summed E-state index contributed by atoms with van der Waals surface area (Å²) in [5.74, 6) is 0. The van der Waals surface area contributed by atoms with Crippen molar-refractivity contribution in [3.8, 4) is 0 Å². The van der Waals surface area contributed by atoms with E-state index in [-0.39, 0.29) is 11.0 Å². The van der Waals surface area contributed by atoms with Crippen molar-refractivity contribution in [2.75, 3.05) is 0 Å². The molecular weight excluding hydrogens is 172 g/mol. The van der Waals surface area contributed by atoms with E-state index in [0.717, 1.165) is 0 Å². The van der Waals surface area contributed by atoms with Gasteiger partial charge < -0.3 is 5.43 Å². The average molecular weight is 194 g/mol. The third kappa shape index (κ3) is 2.53. The van der Waals surface area contributed by atoms with Crippen LogP contribution in [0.1, 0.15) is 41.5 Å². The predicted molar refractivity (Wildman–Crippen MR) is 61.4 cm³/mol. The molecule has 1 N–H and O–H groups in total. The molecule has 0 saturated heterocycles. The molecule has 0 atom stereocenters. The van der Waals surface area contributed by atoms with E-state index < -0.39 is 0 Å². The van der Waals surface area contributed by atoms with Crippen LogP contribution in [0.25, 0.3) is 0 Å². The molecule has 80 valence electrons. The molecule has 14 heavy (non-hydrogen) atoms. The summed E-state index contributed by atoms with van der Waals surface area (Å²) in [6.45, 7) is 13.2. The second kappa shape index (κ2) is 3.34. The van der Waals surface area contributed by atoms with Gasteiger partial charge in [-0.05, 0) is 32.9 Å². The Labute approximate surface area is 87.6 Å². The van der Waals surface area contributed by atoms with E-state index >= 15 is 0 Å². The molecule has 0 saturated carbocycles. The summed E-state index contributed by atoms with van der Waals surface area (Å²) in [4.78, 5) is 0. The number of hydrazine groups is 1. The van der Waals surface area contributed by atoms with Crippen molar-refractivity contribution in [1.82, 2.24) is 10.4 Å². The van der Waals surface area contributed by atoms with Crippen LogP contribution in [0.2, 0.25) is 0 Å². The Bertz CT molecular complexity index is 261. The molecule has 0 amide bonds. The van der Waals surface area contributed by atoms with Gasteiger partial charge in [-0.25, -0.2) is 0 Å². The van der Waals surface area contributed by atoms with Crippen LogP contribution in [0.3, 0.4) is 0 Å². The lowest BCUT2D eigenvalue weighted by Gasteiger charge is -2.40. The Morgan fingerprint density at radius 1 is 1.07 bits per heavy atom. The van der Waals surface area contributed by atoms with Crippen molar-refractivity contribution in [2.24, 2.45) is 5.41 Å². The lowest BCUT2D eigenvalue weighted by molar-refractivity contribution is 0.138. The van der Waals surface area contributed by atoms with E-state index in [2.05, 4.69) is 70.3 Å². The van der Waals surface area contributed by atoms with Gasteiger partial charge in [-0.2, -0.15) is 0 Å². The van der Waals surface area contributed by atoms with E-state index in [1.54, 1.807) is 0 Å². The van der Waals surface area contributed by atoms with Gasteiger partial charge in [0.1, 0.15) is 0 Å². The van der Waals surface area contributed by atoms with Gasteiger partial charge in [0.05, 0.1) is 5.54 Å². The third-order valence-corrected chi connectivity index (χ3v) is 2.27. The molecule has 0 aromatic carbocycles. The standard InChI is InChI=1S/C12H22N2/c1-11(2,3)10-8-7-9-14(13-10)12(4,5)6/h7-9,13H,1-6H3. The minimum atomic E-state index is 0.112. The van der Waals surface area contributed by atoms with Crippen LogP contribution in [0, 0.1) is 5.41 Å². The average Bonchev–Trinajstić information content (AvgIpc) is 2.01. The van der Waals surface area contributed by atoms with E-state index in [0.29, 0.717) is 0 Å². The summed E-state index contributed by atoms with van der Waals surface area (Å²) in [5.41, 5.74) is 4.99. The minimum Gasteiger partial charge on any atom is -0.302 e. The zero-order valence-corrected chi connectivity index (χ0v) is 10.2. The SMILES string of the molecule is CC(C)(C)C1=CC=CN(C(C)(C)C)N1. The molecule has 0 aliphatic carbocycles. The van der Waals surface area contributed by atoms with Crippen molar-refractivity contribution in [1.29, 1.82) is 0 Å². The number of hydrogen-bond acceptors (Lipinski definition) is 2. The fraction of sp³-hybridized carbons (Fsp3) is 0.667. The summed E-state index contributed by atoms with van der Waals surface area (Å²) in [6.07, 6.45) is 6.32. The molecule has 0 unspecified atom stereocenters. The second-order valence-corrected chi connectivity index (χ2v) is 5.82. The number of rotatable bonds is 0. The molecule has 0 spiro atoms. The molecule has 1 aliphatic rings. The smallest absolute Gasteiger partial charge is 0.0521 e. The lowest BCUT2D eigenvalue weighted by atomic mass is 9.91. The Morgan fingerprint density at radius 3 is 2.07 bits per heavy atom. The summed E-state index contributed by atoms with van der Waals surface area (Å²) < 4.78 is 0. The molecule has 0 radical (unpaired) electrons. The van der Waals surface area contributed by atoms with Gasteiger partial charge in [-0.3, -0.25) is 5.01 Å². The number of nitrogens with one attached hydrogen (secondary N) is 1. The number of nitrogens with zero attached hydrogens (tertiary/aromatic N) is 1. The van der Waals surface area contributed by atoms with Gasteiger partial charge in [-0.1, -0.05) is 20.8 Å². The molecule has 0 bridgehead atoms. The van der Waals surface area contributed by atoms with E-state index in [9.17, 15) is 0 Å². The molecule has 1 heterocycles. The Morgan fingerprint density at radius 2 is 1.64 bits per heavy atom. The van der Waals surface area contributed by atoms with Crippen molar-refractivity contribution < 1.29 is 0 Å². The maximum atomic E-state index is 3.44. The summed E-state index contributed by atoms with van der Waals surface area (Å²) >= 11 is 0. The quantitative estimate of drug-likeness (QED) is 0.637. The molecule has 2 heteroatoms. The number of hydrogen-bond donors (Lipinski definition) is 1. The fourth-order valence-electron chi connectivity index (χ4n) is 1.24. The lowest BCUT2D eigenvalue weighted by Crippen LogP contribution is -2.49. The zero-order valence-electron chi connectivity index (χ0n) is 10.2. The van der Waals surface area contributed by atoms with Crippen LogP contribution < -0.4 is 5.43 Å². The van der Waals surface area contributed by atoms with Crippen LogP contribution in [-0.2, 0) is 0 Å². The van der Waals surface area contributed by atoms with E-state index in [1.165, 1.54) is 5.70 Å². The Balaban J connectivity index is 2.80. The first kappa shape index (κ1) is 11.2. The first-order valence-corrected chi connectivity index (χ1v) is 5.16. The first-order valence-electron chi connectivity index (χ1n) is 5.16. The van der Waals surface area contributed by atoms with Crippen LogP contribution in [0.4, 0.5) is 0 Å². The molecule has 1 rings (SSSR count). The number of allylic oxidation sites excluding steroid dienone is 3. The highest BCUT2D eigenvalue weighted by Gasteiger charge is 2.25. The highest BCUT2D eigenvalue weighted by Crippen LogP contribution is 2.26. The van der Waals surface area contributed by atoms with Gasteiger partial charge in [0, 0.05) is 17.3 Å². The molecule has 2 nitrogen and oxygen atoms in total. The van der Waals surface area contributed by atoms with Gasteiger partial charge in [0.25, 0.3) is 0 Å². The van der Waals surface area contributed by atoms with Crippen molar-refractivity contribution in [3.63, 3.8) is 0 Å². The molecule has 0 fully saturated rings. The van der Waals surface area contributed by atoms with Crippen LogP contribution in [-0.4, -0.2) is 10.5 Å². The largest absolute Gasteiger partial charge is 0.302 e. The summed E-state index contributed by atoms with van der Waals surface area (Å²) in [6, 6.07) is 0. The monoisotopic (exact) mass is 194 g/mol. The Hall–Kier alpha value is -0.920. The van der Waals surface area contributed by atoms with Crippen LogP contribution in [0.5, 0.6) is 0 Å². The van der Waals surface area contributed by atoms with Gasteiger partial charge in [-0.15, -0.1) is 0 Å². The van der Waals surface area contributed by atoms with Crippen molar-refractivity contribution >= 4 is 0 Å². The molecular formula is C12H22N2. The highest BCUT2D eigenvalue weighted by atomic mass is 15.5. The van der Waals surface area contributed by atoms with Gasteiger partial charge >= 0.3 is 0 Å². The predicted octanol–water partition coefficient (Wildman–Crippen LogP) is 3.05. The van der Waals surface area contributed by atoms with Crippen molar-refractivity contribution in [3.05, 3.63) is 24.0 Å². The van der Waals surface area contributed by atoms with Gasteiger partial charge in [0.15, 0.2) is 0 Å². The third-order valence-electron chi connectivity index (χ3n) is 2.27. The van der Waals surface area contributed by atoms with Crippen LogP contribution >= 0.6 is 0 Å². The van der Waals surface area contributed by atoms with Gasteiger partial charge in [0.2, 0.25) is 0 Å². The van der Waals surface area contributed by atoms with Crippen LogP contribution in [0.15, 0.2) is 24.0 Å². The zero-order chi connectivity index (χ0) is 11.0. The first-order chi connectivity index (χ1) is 6.21. The summed E-state index contributed by atoms with van der Waals surface area (Å²) in [7, 11) is 0. The molecule has 1 aliphatic heterocycles. The molecule has 0 aromatic rings. The van der Waals surface area contributed by atoms with E-state index in [4.69, 9.17) is 0 Å². The Kier molecular flexibility index (Phi) is 2.66. The van der Waals surface area contributed by atoms with E-state index in [1.807, 2.05) is 0 Å². The highest BCUT2D eigenvalue weighted by molar-refractivity contribution is 5.20. The molecule has 0 aromatic heterocycles. The normalized spacial score (nSPS) is 17.9. The maximum absolute atomic E-state index is 3.44. The second-order valence-electron chi connectivity index (χ2n) is 5.82. The van der Waals surface area contributed by atoms with Crippen molar-refractivity contribution in [2.45, 2.75) is 47.1 Å². The fourth-order valence-corrected chi connectivity index (χ4v) is 1.24. The minimum absolute atomic E-state index is 0.112. The maximum Gasteiger partial charge on any atom is 0.0521 e. The topological polar surface area (TPSA) is 15.3 Å².